The monoisotopic (exact) mass is 409 g/mol. The maximum atomic E-state index is 12.8. The molecule has 0 aliphatic carbocycles. The van der Waals surface area contributed by atoms with Crippen molar-refractivity contribution in [2.24, 2.45) is 5.41 Å². The van der Waals surface area contributed by atoms with Gasteiger partial charge in [0.2, 0.25) is 5.91 Å². The number of H-pyrrole nitrogens is 1. The predicted molar refractivity (Wildman–Crippen MR) is 118 cm³/mol. The van der Waals surface area contributed by atoms with E-state index < -0.39 is 0 Å². The second kappa shape index (κ2) is 8.88. The van der Waals surface area contributed by atoms with Crippen LogP contribution in [0.4, 0.5) is 0 Å². The molecule has 1 atom stereocenters. The molecule has 1 amide bonds. The van der Waals surface area contributed by atoms with E-state index >= 15 is 0 Å². The number of likely N-dealkylation sites (tertiary alicyclic amines) is 2. The molecule has 4 rings (SSSR count). The fourth-order valence-electron chi connectivity index (χ4n) is 5.07. The molecular weight excluding hydrogens is 374 g/mol. The van der Waals surface area contributed by atoms with E-state index in [1.165, 1.54) is 24.0 Å². The molecule has 162 valence electrons. The highest BCUT2D eigenvalue weighted by atomic mass is 16.2. The summed E-state index contributed by atoms with van der Waals surface area (Å²) in [5.74, 6) is 2.36. The molecule has 1 aromatic heterocycles. The van der Waals surface area contributed by atoms with Gasteiger partial charge in [-0.15, -0.1) is 0 Å². The highest BCUT2D eigenvalue weighted by Gasteiger charge is 2.42. The summed E-state index contributed by atoms with van der Waals surface area (Å²) in [6.07, 6.45) is 4.70. The Balaban J connectivity index is 1.30. The van der Waals surface area contributed by atoms with Crippen LogP contribution in [0.1, 0.15) is 68.2 Å². The summed E-state index contributed by atoms with van der Waals surface area (Å²) in [6.45, 7) is 11.4. The van der Waals surface area contributed by atoms with Gasteiger partial charge in [0.1, 0.15) is 5.82 Å². The number of aryl methyl sites for hydroxylation is 2. The van der Waals surface area contributed by atoms with E-state index in [0.717, 1.165) is 50.8 Å². The first-order valence-corrected chi connectivity index (χ1v) is 11.4. The van der Waals surface area contributed by atoms with Crippen LogP contribution in [-0.4, -0.2) is 57.1 Å². The number of hydrogen-bond donors (Lipinski definition) is 1. The second-order valence-electron chi connectivity index (χ2n) is 9.61. The summed E-state index contributed by atoms with van der Waals surface area (Å²) in [7, 11) is 0. The highest BCUT2D eigenvalue weighted by molar-refractivity contribution is 5.76. The topological polar surface area (TPSA) is 65.1 Å². The van der Waals surface area contributed by atoms with Crippen molar-refractivity contribution in [3.63, 3.8) is 0 Å². The molecule has 6 nitrogen and oxygen atoms in total. The molecule has 2 aliphatic heterocycles. The van der Waals surface area contributed by atoms with Gasteiger partial charge in [-0.1, -0.05) is 38.1 Å². The van der Waals surface area contributed by atoms with E-state index in [1.807, 2.05) is 6.92 Å². The Bertz CT molecular complexity index is 859. The van der Waals surface area contributed by atoms with Gasteiger partial charge >= 0.3 is 0 Å². The lowest BCUT2D eigenvalue weighted by molar-refractivity contribution is -0.130. The molecule has 30 heavy (non-hydrogen) atoms. The van der Waals surface area contributed by atoms with E-state index in [2.05, 4.69) is 63.1 Å². The van der Waals surface area contributed by atoms with E-state index in [9.17, 15) is 4.79 Å². The summed E-state index contributed by atoms with van der Waals surface area (Å²) in [6, 6.07) is 9.11. The Labute approximate surface area is 180 Å². The molecule has 2 aromatic rings. The minimum Gasteiger partial charge on any atom is -0.342 e. The number of aromatic nitrogens is 3. The third-order valence-electron chi connectivity index (χ3n) is 6.79. The van der Waals surface area contributed by atoms with Gasteiger partial charge in [0, 0.05) is 44.4 Å². The number of benzene rings is 1. The van der Waals surface area contributed by atoms with E-state index in [-0.39, 0.29) is 11.3 Å². The van der Waals surface area contributed by atoms with Gasteiger partial charge in [0.15, 0.2) is 5.82 Å². The lowest BCUT2D eigenvalue weighted by atomic mass is 9.79. The summed E-state index contributed by atoms with van der Waals surface area (Å²) >= 11 is 0. The van der Waals surface area contributed by atoms with Gasteiger partial charge < -0.3 is 4.90 Å². The molecule has 2 fully saturated rings. The van der Waals surface area contributed by atoms with Crippen molar-refractivity contribution in [2.75, 3.05) is 26.2 Å². The van der Waals surface area contributed by atoms with Gasteiger partial charge in [-0.3, -0.25) is 14.8 Å². The molecule has 1 spiro atoms. The van der Waals surface area contributed by atoms with Crippen LogP contribution in [0.3, 0.4) is 0 Å². The maximum absolute atomic E-state index is 12.8. The summed E-state index contributed by atoms with van der Waals surface area (Å²) in [4.78, 5) is 21.7. The number of amides is 1. The molecule has 0 bridgehead atoms. The van der Waals surface area contributed by atoms with Gasteiger partial charge in [-0.2, -0.15) is 5.10 Å². The molecule has 0 unspecified atom stereocenters. The first kappa shape index (κ1) is 21.0. The fourth-order valence-corrected chi connectivity index (χ4v) is 5.07. The number of rotatable bonds is 6. The summed E-state index contributed by atoms with van der Waals surface area (Å²) in [5.41, 5.74) is 3.07. The Kier molecular flexibility index (Phi) is 6.23. The van der Waals surface area contributed by atoms with Crippen molar-refractivity contribution in [2.45, 2.75) is 65.3 Å². The van der Waals surface area contributed by atoms with Crippen LogP contribution in [0.2, 0.25) is 0 Å². The minimum atomic E-state index is 0.246. The molecule has 1 aromatic carbocycles. The lowest BCUT2D eigenvalue weighted by Gasteiger charge is -2.40. The molecule has 0 radical (unpaired) electrons. The van der Waals surface area contributed by atoms with Gasteiger partial charge in [0.25, 0.3) is 0 Å². The van der Waals surface area contributed by atoms with Crippen molar-refractivity contribution in [3.8, 4) is 0 Å². The minimum absolute atomic E-state index is 0.246. The smallest absolute Gasteiger partial charge is 0.223 e. The van der Waals surface area contributed by atoms with Crippen LogP contribution in [0.15, 0.2) is 24.3 Å². The van der Waals surface area contributed by atoms with E-state index in [0.29, 0.717) is 18.8 Å². The first-order chi connectivity index (χ1) is 14.4. The number of carbonyl (C=O) groups is 1. The molecular formula is C24H35N5O. The van der Waals surface area contributed by atoms with Crippen LogP contribution >= 0.6 is 0 Å². The third-order valence-corrected chi connectivity index (χ3v) is 6.79. The van der Waals surface area contributed by atoms with Gasteiger partial charge in [-0.25, -0.2) is 4.98 Å². The van der Waals surface area contributed by atoms with Crippen molar-refractivity contribution in [1.82, 2.24) is 25.0 Å². The van der Waals surface area contributed by atoms with Crippen molar-refractivity contribution in [1.29, 1.82) is 0 Å². The number of carbonyl (C=O) groups excluding carboxylic acids is 1. The molecule has 3 heterocycles. The molecule has 0 saturated carbocycles. The van der Waals surface area contributed by atoms with Crippen LogP contribution in [0.25, 0.3) is 0 Å². The SMILES string of the molecule is Cc1nc(CCC(=O)N2CC[C@@]3(CCCN(Cc4ccc(C(C)C)cc4)C3)C2)n[nH]1. The zero-order chi connectivity index (χ0) is 21.1. The summed E-state index contributed by atoms with van der Waals surface area (Å²) in [5, 5.41) is 7.00. The Morgan fingerprint density at radius 2 is 1.97 bits per heavy atom. The summed E-state index contributed by atoms with van der Waals surface area (Å²) < 4.78 is 0. The fraction of sp³-hybridized carbons (Fsp3) is 0.625. The largest absolute Gasteiger partial charge is 0.342 e. The number of nitrogens with zero attached hydrogens (tertiary/aromatic N) is 4. The number of nitrogens with one attached hydrogen (secondary N) is 1. The standard InChI is InChI=1S/C24H35N5O/c1-18(2)21-7-5-20(6-8-21)15-28-13-4-11-24(16-28)12-14-29(17-24)23(30)10-9-22-25-19(3)26-27-22/h5-8,18H,4,9-17H2,1-3H3,(H,25,26,27)/t24-/m1/s1. The van der Waals surface area contributed by atoms with Crippen LogP contribution in [0.5, 0.6) is 0 Å². The Hall–Kier alpha value is -2.21. The quantitative estimate of drug-likeness (QED) is 0.790. The van der Waals surface area contributed by atoms with Crippen molar-refractivity contribution < 1.29 is 4.79 Å². The average molecular weight is 410 g/mol. The second-order valence-corrected chi connectivity index (χ2v) is 9.61. The predicted octanol–water partition coefficient (Wildman–Crippen LogP) is 3.68. The number of piperidine rings is 1. The van der Waals surface area contributed by atoms with Crippen molar-refractivity contribution in [3.05, 3.63) is 47.0 Å². The Morgan fingerprint density at radius 1 is 1.17 bits per heavy atom. The van der Waals surface area contributed by atoms with Crippen LogP contribution < -0.4 is 0 Å². The maximum Gasteiger partial charge on any atom is 0.223 e. The third kappa shape index (κ3) is 4.91. The number of hydrogen-bond acceptors (Lipinski definition) is 4. The average Bonchev–Trinajstić information content (AvgIpc) is 3.33. The zero-order valence-electron chi connectivity index (χ0n) is 18.7. The normalized spacial score (nSPS) is 22.3. The van der Waals surface area contributed by atoms with Crippen LogP contribution in [0, 0.1) is 12.3 Å². The van der Waals surface area contributed by atoms with E-state index in [1.54, 1.807) is 0 Å². The number of aromatic amines is 1. The molecule has 6 heteroatoms. The van der Waals surface area contributed by atoms with Gasteiger partial charge in [-0.05, 0) is 49.8 Å². The van der Waals surface area contributed by atoms with E-state index in [4.69, 9.17) is 0 Å². The molecule has 2 saturated heterocycles. The van der Waals surface area contributed by atoms with Gasteiger partial charge in [0.05, 0.1) is 0 Å². The molecule has 1 N–H and O–H groups in total. The molecule has 2 aliphatic rings. The lowest BCUT2D eigenvalue weighted by Crippen LogP contribution is -2.45. The first-order valence-electron chi connectivity index (χ1n) is 11.4. The van der Waals surface area contributed by atoms with Crippen molar-refractivity contribution >= 4 is 5.91 Å². The Morgan fingerprint density at radius 3 is 2.67 bits per heavy atom. The van der Waals surface area contributed by atoms with Crippen LogP contribution in [-0.2, 0) is 17.8 Å². The highest BCUT2D eigenvalue weighted by Crippen LogP contribution is 2.39. The zero-order valence-corrected chi connectivity index (χ0v) is 18.7.